The molecule has 0 atom stereocenters. The van der Waals surface area contributed by atoms with Crippen molar-refractivity contribution in [2.24, 2.45) is 0 Å². The maximum Gasteiger partial charge on any atom is 0.338 e. The van der Waals surface area contributed by atoms with Crippen molar-refractivity contribution in [3.8, 4) is 0 Å². The highest BCUT2D eigenvalue weighted by Crippen LogP contribution is 2.44. The number of benzene rings is 1. The van der Waals surface area contributed by atoms with Crippen molar-refractivity contribution in [1.29, 1.82) is 0 Å². The van der Waals surface area contributed by atoms with Gasteiger partial charge in [0.2, 0.25) is 3.79 Å². The van der Waals surface area contributed by atoms with Crippen LogP contribution >= 0.6 is 46.6 Å². The zero-order valence-corrected chi connectivity index (χ0v) is 11.7. The van der Waals surface area contributed by atoms with E-state index in [2.05, 4.69) is 0 Å². The number of carboxylic acid groups (broad SMARTS) is 1. The van der Waals surface area contributed by atoms with Gasteiger partial charge in [0, 0.05) is 5.56 Å². The Hall–Kier alpha value is -0.160. The second kappa shape index (κ2) is 5.65. The van der Waals surface area contributed by atoms with Crippen molar-refractivity contribution in [2.45, 2.75) is 15.6 Å². The molecule has 0 aliphatic rings. The fourth-order valence-electron chi connectivity index (χ4n) is 1.23. The zero-order valence-electron chi connectivity index (χ0n) is 8.64. The summed E-state index contributed by atoms with van der Waals surface area (Å²) in [4.78, 5) is 10.9. The monoisotopic (exact) mass is 316 g/mol. The van der Waals surface area contributed by atoms with Gasteiger partial charge in [-0.2, -0.15) is 0 Å². The Kier molecular flexibility index (Phi) is 4.95. The molecule has 0 radical (unpaired) electrons. The van der Waals surface area contributed by atoms with Gasteiger partial charge < -0.3 is 5.11 Å². The Balaban J connectivity index is 3.45. The molecule has 1 N–H and O–H groups in total. The van der Waals surface area contributed by atoms with Crippen LogP contribution < -0.4 is 0 Å². The molecular formula is C10H8Cl3FO2S. The highest BCUT2D eigenvalue weighted by molar-refractivity contribution is 7.99. The van der Waals surface area contributed by atoms with Gasteiger partial charge in [0.15, 0.2) is 5.82 Å². The van der Waals surface area contributed by atoms with Crippen molar-refractivity contribution in [3.05, 3.63) is 29.1 Å². The number of aromatic carboxylic acids is 1. The Morgan fingerprint density at radius 1 is 1.47 bits per heavy atom. The Labute approximate surface area is 117 Å². The third-order valence-corrected chi connectivity index (χ3v) is 3.51. The smallest absolute Gasteiger partial charge is 0.338 e. The fourth-order valence-corrected chi connectivity index (χ4v) is 2.77. The average molecular weight is 318 g/mol. The van der Waals surface area contributed by atoms with Crippen LogP contribution in [-0.2, 0) is 3.79 Å². The van der Waals surface area contributed by atoms with E-state index in [9.17, 15) is 9.18 Å². The van der Waals surface area contributed by atoms with Gasteiger partial charge >= 0.3 is 5.97 Å². The fraction of sp³-hybridized carbons (Fsp3) is 0.300. The van der Waals surface area contributed by atoms with Crippen LogP contribution in [0.5, 0.6) is 0 Å². The molecule has 2 nitrogen and oxygen atoms in total. The average Bonchev–Trinajstić information content (AvgIpc) is 2.18. The van der Waals surface area contributed by atoms with Gasteiger partial charge in [-0.25, -0.2) is 9.18 Å². The van der Waals surface area contributed by atoms with Crippen LogP contribution in [0, 0.1) is 5.82 Å². The van der Waals surface area contributed by atoms with E-state index in [0.717, 1.165) is 17.8 Å². The van der Waals surface area contributed by atoms with Crippen molar-refractivity contribution in [1.82, 2.24) is 0 Å². The summed E-state index contributed by atoms with van der Waals surface area (Å²) >= 11 is 18.2. The minimum absolute atomic E-state index is 0.0624. The maximum absolute atomic E-state index is 13.9. The lowest BCUT2D eigenvalue weighted by Crippen LogP contribution is -2.09. The second-order valence-electron chi connectivity index (χ2n) is 3.04. The first-order chi connectivity index (χ1) is 7.79. The molecule has 0 amide bonds. The van der Waals surface area contributed by atoms with Crippen molar-refractivity contribution in [3.63, 3.8) is 0 Å². The van der Waals surface area contributed by atoms with E-state index in [4.69, 9.17) is 39.9 Å². The summed E-state index contributed by atoms with van der Waals surface area (Å²) in [7, 11) is 0. The molecule has 0 heterocycles. The normalized spacial score (nSPS) is 11.6. The number of alkyl halides is 3. The number of hydrogen-bond acceptors (Lipinski definition) is 2. The van der Waals surface area contributed by atoms with Gasteiger partial charge in [-0.15, -0.1) is 11.8 Å². The van der Waals surface area contributed by atoms with E-state index >= 15 is 0 Å². The van der Waals surface area contributed by atoms with E-state index in [-0.39, 0.29) is 10.5 Å². The van der Waals surface area contributed by atoms with Crippen LogP contribution in [0.4, 0.5) is 4.39 Å². The van der Waals surface area contributed by atoms with E-state index in [1.165, 1.54) is 6.07 Å². The lowest BCUT2D eigenvalue weighted by molar-refractivity contribution is 0.0691. The van der Waals surface area contributed by atoms with Gasteiger partial charge in [-0.3, -0.25) is 0 Å². The Morgan fingerprint density at radius 2 is 2.06 bits per heavy atom. The molecule has 0 aliphatic carbocycles. The summed E-state index contributed by atoms with van der Waals surface area (Å²) in [6, 6.07) is 2.41. The number of carboxylic acids is 1. The standard InChI is InChI=1S/C10H8Cl3FO2S/c1-2-17-8-6(10(11,12)13)4-3-5(7(8)14)9(15)16/h3-4H,2H2,1H3,(H,15,16). The molecule has 1 aromatic carbocycles. The van der Waals surface area contributed by atoms with Crippen LogP contribution in [0.25, 0.3) is 0 Å². The van der Waals surface area contributed by atoms with E-state index in [0.29, 0.717) is 5.75 Å². The summed E-state index contributed by atoms with van der Waals surface area (Å²) in [5.41, 5.74) is -0.282. The molecule has 17 heavy (non-hydrogen) atoms. The first kappa shape index (κ1) is 14.9. The maximum atomic E-state index is 13.9. The molecular weight excluding hydrogens is 310 g/mol. The summed E-state index contributed by atoms with van der Waals surface area (Å²) < 4.78 is 12.1. The number of thioether (sulfide) groups is 1. The van der Waals surface area contributed by atoms with Gasteiger partial charge in [-0.1, -0.05) is 47.8 Å². The van der Waals surface area contributed by atoms with Gasteiger partial charge in [-0.05, 0) is 11.8 Å². The predicted molar refractivity (Wildman–Crippen MR) is 69.0 cm³/mol. The molecule has 7 heteroatoms. The molecule has 0 spiro atoms. The number of carbonyl (C=O) groups is 1. The lowest BCUT2D eigenvalue weighted by atomic mass is 10.1. The van der Waals surface area contributed by atoms with Crippen LogP contribution in [0.3, 0.4) is 0 Å². The van der Waals surface area contributed by atoms with Crippen LogP contribution in [0.2, 0.25) is 0 Å². The van der Waals surface area contributed by atoms with Crippen LogP contribution in [0.1, 0.15) is 22.8 Å². The highest BCUT2D eigenvalue weighted by atomic mass is 35.6. The van der Waals surface area contributed by atoms with Crippen molar-refractivity contribution < 1.29 is 14.3 Å². The van der Waals surface area contributed by atoms with Crippen molar-refractivity contribution >= 4 is 52.5 Å². The van der Waals surface area contributed by atoms with Crippen molar-refractivity contribution in [2.75, 3.05) is 5.75 Å². The molecule has 0 aliphatic heterocycles. The highest BCUT2D eigenvalue weighted by Gasteiger charge is 2.30. The summed E-state index contributed by atoms with van der Waals surface area (Å²) in [6.45, 7) is 1.79. The molecule has 0 bridgehead atoms. The third-order valence-electron chi connectivity index (χ3n) is 1.92. The molecule has 0 saturated heterocycles. The molecule has 1 aromatic rings. The summed E-state index contributed by atoms with van der Waals surface area (Å²) in [5.74, 6) is -1.68. The van der Waals surface area contributed by atoms with Gasteiger partial charge in [0.05, 0.1) is 10.5 Å². The molecule has 0 aromatic heterocycles. The number of rotatable bonds is 3. The molecule has 94 valence electrons. The topological polar surface area (TPSA) is 37.3 Å². The number of halogens is 4. The quantitative estimate of drug-likeness (QED) is 0.660. The van der Waals surface area contributed by atoms with Crippen LogP contribution in [-0.4, -0.2) is 16.8 Å². The number of hydrogen-bond donors (Lipinski definition) is 1. The first-order valence-corrected chi connectivity index (χ1v) is 6.66. The van der Waals surface area contributed by atoms with E-state index < -0.39 is 21.1 Å². The largest absolute Gasteiger partial charge is 0.478 e. The lowest BCUT2D eigenvalue weighted by Gasteiger charge is -2.17. The Bertz CT molecular complexity index is 446. The summed E-state index contributed by atoms with van der Waals surface area (Å²) in [5, 5.41) is 8.80. The minimum atomic E-state index is -1.78. The molecule has 0 saturated carbocycles. The molecule has 0 fully saturated rings. The molecule has 1 rings (SSSR count). The van der Waals surface area contributed by atoms with E-state index in [1.807, 2.05) is 0 Å². The summed E-state index contributed by atoms with van der Waals surface area (Å²) in [6.07, 6.45) is 0. The van der Waals surface area contributed by atoms with Gasteiger partial charge in [0.25, 0.3) is 0 Å². The SMILES string of the molecule is CCSc1c(C(Cl)(Cl)Cl)ccc(C(=O)O)c1F. The Morgan fingerprint density at radius 3 is 2.47 bits per heavy atom. The predicted octanol–water partition coefficient (Wildman–Crippen LogP) is 4.46. The molecule has 0 unspecified atom stereocenters. The van der Waals surface area contributed by atoms with Gasteiger partial charge in [0.1, 0.15) is 0 Å². The second-order valence-corrected chi connectivity index (χ2v) is 6.60. The third kappa shape index (κ3) is 3.41. The zero-order chi connectivity index (χ0) is 13.2. The minimum Gasteiger partial charge on any atom is -0.478 e. The first-order valence-electron chi connectivity index (χ1n) is 4.54. The van der Waals surface area contributed by atoms with E-state index in [1.54, 1.807) is 6.92 Å². The van der Waals surface area contributed by atoms with Crippen LogP contribution in [0.15, 0.2) is 17.0 Å².